The molecule has 1 aromatic heterocycles. The van der Waals surface area contributed by atoms with Crippen LogP contribution in [-0.2, 0) is 0 Å². The second kappa shape index (κ2) is 6.99. The summed E-state index contributed by atoms with van der Waals surface area (Å²) in [4.78, 5) is 15.3. The van der Waals surface area contributed by atoms with Gasteiger partial charge in [-0.2, -0.15) is 11.8 Å². The fraction of sp³-hybridized carbons (Fsp3) is 0.500. The molecule has 3 nitrogen and oxygen atoms in total. The summed E-state index contributed by atoms with van der Waals surface area (Å²) in [6.07, 6.45) is 1.12. The van der Waals surface area contributed by atoms with Crippen LogP contribution in [0.25, 0.3) is 0 Å². The first-order chi connectivity index (χ1) is 9.24. The Morgan fingerprint density at radius 2 is 2.47 bits per heavy atom. The molecule has 102 valence electrons. The number of nitrogens with zero attached hydrogens (tertiary/aromatic N) is 1. The molecule has 1 atom stereocenters. The molecule has 0 saturated carbocycles. The first-order valence-electron chi connectivity index (χ1n) is 6.43. The van der Waals surface area contributed by atoms with Crippen molar-refractivity contribution in [3.8, 4) is 11.8 Å². The average Bonchev–Trinajstić information content (AvgIpc) is 2.93. The van der Waals surface area contributed by atoms with E-state index in [1.165, 1.54) is 11.3 Å². The molecule has 1 amide bonds. The maximum atomic E-state index is 12.4. The Labute approximate surface area is 122 Å². The Bertz CT molecular complexity index is 501. The maximum Gasteiger partial charge on any atom is 0.254 e. The maximum absolute atomic E-state index is 12.4. The molecular weight excluding hydrogens is 276 g/mol. The minimum absolute atomic E-state index is 0.135. The lowest BCUT2D eigenvalue weighted by Crippen LogP contribution is -2.41. The standard InChI is InChI=1S/C14H18N2OS2/c1-2-12-9-16(6-7-18-12)14(17)11-8-13(19-10-11)4-3-5-15/h8,10,12H,2,5-7,9,15H2,1H3. The molecule has 2 N–H and O–H groups in total. The van der Waals surface area contributed by atoms with Crippen molar-refractivity contribution in [2.75, 3.05) is 25.4 Å². The normalized spacial score (nSPS) is 18.8. The van der Waals surface area contributed by atoms with Crippen LogP contribution in [0, 0.1) is 11.8 Å². The number of hydrogen-bond donors (Lipinski definition) is 1. The van der Waals surface area contributed by atoms with Gasteiger partial charge in [0.15, 0.2) is 0 Å². The number of thioether (sulfide) groups is 1. The lowest BCUT2D eigenvalue weighted by atomic mass is 10.2. The number of amides is 1. The molecule has 5 heteroatoms. The molecule has 19 heavy (non-hydrogen) atoms. The Morgan fingerprint density at radius 3 is 3.21 bits per heavy atom. The van der Waals surface area contributed by atoms with E-state index < -0.39 is 0 Å². The van der Waals surface area contributed by atoms with Gasteiger partial charge in [0.1, 0.15) is 0 Å². The highest BCUT2D eigenvalue weighted by Crippen LogP contribution is 2.23. The molecule has 0 aromatic carbocycles. The molecule has 2 heterocycles. The molecule has 2 rings (SSSR count). The third-order valence-corrected chi connectivity index (χ3v) is 5.26. The Kier molecular flexibility index (Phi) is 5.32. The highest BCUT2D eigenvalue weighted by molar-refractivity contribution is 8.00. The number of nitrogens with two attached hydrogens (primary N) is 1. The SMILES string of the molecule is CCC1CN(C(=O)c2csc(C#CCN)c2)CCS1. The summed E-state index contributed by atoms with van der Waals surface area (Å²) >= 11 is 3.47. The zero-order valence-electron chi connectivity index (χ0n) is 11.0. The van der Waals surface area contributed by atoms with Crippen LogP contribution < -0.4 is 5.73 Å². The Balaban J connectivity index is 2.04. The van der Waals surface area contributed by atoms with Crippen molar-refractivity contribution in [1.82, 2.24) is 4.90 Å². The second-order valence-corrected chi connectivity index (χ2v) is 6.68. The van der Waals surface area contributed by atoms with Gasteiger partial charge in [-0.05, 0) is 12.5 Å². The van der Waals surface area contributed by atoms with E-state index in [1.807, 2.05) is 28.1 Å². The first-order valence-corrected chi connectivity index (χ1v) is 8.35. The fourth-order valence-electron chi connectivity index (χ4n) is 1.99. The van der Waals surface area contributed by atoms with Crippen molar-refractivity contribution in [3.63, 3.8) is 0 Å². The van der Waals surface area contributed by atoms with Gasteiger partial charge in [-0.15, -0.1) is 11.3 Å². The van der Waals surface area contributed by atoms with Crippen LogP contribution in [0.4, 0.5) is 0 Å². The topological polar surface area (TPSA) is 46.3 Å². The van der Waals surface area contributed by atoms with E-state index in [0.29, 0.717) is 11.8 Å². The van der Waals surface area contributed by atoms with E-state index in [1.54, 1.807) is 0 Å². The molecule has 1 saturated heterocycles. The van der Waals surface area contributed by atoms with Gasteiger partial charge in [0.2, 0.25) is 0 Å². The third-order valence-electron chi connectivity index (χ3n) is 3.04. The molecule has 1 aliphatic rings. The van der Waals surface area contributed by atoms with Gasteiger partial charge in [0.25, 0.3) is 5.91 Å². The van der Waals surface area contributed by atoms with E-state index in [4.69, 9.17) is 5.73 Å². The van der Waals surface area contributed by atoms with E-state index >= 15 is 0 Å². The minimum atomic E-state index is 0.135. The van der Waals surface area contributed by atoms with Gasteiger partial charge in [-0.25, -0.2) is 0 Å². The minimum Gasteiger partial charge on any atom is -0.337 e. The predicted molar refractivity (Wildman–Crippen MR) is 82.7 cm³/mol. The van der Waals surface area contributed by atoms with E-state index in [0.717, 1.165) is 35.7 Å². The molecule has 0 bridgehead atoms. The lowest BCUT2D eigenvalue weighted by Gasteiger charge is -2.31. The molecular formula is C14H18N2OS2. The smallest absolute Gasteiger partial charge is 0.254 e. The highest BCUT2D eigenvalue weighted by atomic mass is 32.2. The van der Waals surface area contributed by atoms with Crippen LogP contribution in [0.1, 0.15) is 28.6 Å². The number of carbonyl (C=O) groups excluding carboxylic acids is 1. The van der Waals surface area contributed by atoms with E-state index in [-0.39, 0.29) is 5.91 Å². The molecule has 1 aromatic rings. The highest BCUT2D eigenvalue weighted by Gasteiger charge is 2.24. The van der Waals surface area contributed by atoms with E-state index in [9.17, 15) is 4.79 Å². The quantitative estimate of drug-likeness (QED) is 0.849. The summed E-state index contributed by atoms with van der Waals surface area (Å²) in [5, 5.41) is 2.47. The van der Waals surface area contributed by atoms with Gasteiger partial charge >= 0.3 is 0 Å². The molecule has 1 aliphatic heterocycles. The van der Waals surface area contributed by atoms with Gasteiger partial charge in [-0.1, -0.05) is 18.8 Å². The van der Waals surface area contributed by atoms with Crippen molar-refractivity contribution in [1.29, 1.82) is 0 Å². The van der Waals surface area contributed by atoms with Gasteiger partial charge in [0, 0.05) is 29.5 Å². The summed E-state index contributed by atoms with van der Waals surface area (Å²) < 4.78 is 0. The summed E-state index contributed by atoms with van der Waals surface area (Å²) in [5.74, 6) is 6.95. The lowest BCUT2D eigenvalue weighted by molar-refractivity contribution is 0.0761. The first kappa shape index (κ1) is 14.4. The van der Waals surface area contributed by atoms with Crippen LogP contribution in [-0.4, -0.2) is 41.4 Å². The zero-order chi connectivity index (χ0) is 13.7. The molecule has 0 aliphatic carbocycles. The summed E-state index contributed by atoms with van der Waals surface area (Å²) in [6, 6.07) is 1.87. The Hall–Kier alpha value is -0.960. The van der Waals surface area contributed by atoms with Crippen molar-refractivity contribution >= 4 is 29.0 Å². The van der Waals surface area contributed by atoms with Crippen LogP contribution in [0.15, 0.2) is 11.4 Å². The van der Waals surface area contributed by atoms with Gasteiger partial charge in [0.05, 0.1) is 17.0 Å². The molecule has 0 spiro atoms. The number of carbonyl (C=O) groups is 1. The van der Waals surface area contributed by atoms with Crippen LogP contribution >= 0.6 is 23.1 Å². The van der Waals surface area contributed by atoms with Crippen LogP contribution in [0.2, 0.25) is 0 Å². The van der Waals surface area contributed by atoms with Gasteiger partial charge < -0.3 is 10.6 Å². The Morgan fingerprint density at radius 1 is 1.63 bits per heavy atom. The number of rotatable bonds is 2. The molecule has 1 fully saturated rings. The van der Waals surface area contributed by atoms with Crippen molar-refractivity contribution in [2.45, 2.75) is 18.6 Å². The third kappa shape index (κ3) is 3.75. The predicted octanol–water partition coefficient (Wildman–Crippen LogP) is 2.03. The summed E-state index contributed by atoms with van der Waals surface area (Å²) in [6.45, 7) is 4.23. The molecule has 1 unspecified atom stereocenters. The fourth-order valence-corrected chi connectivity index (χ4v) is 3.91. The van der Waals surface area contributed by atoms with Crippen molar-refractivity contribution in [3.05, 3.63) is 21.9 Å². The van der Waals surface area contributed by atoms with Crippen LogP contribution in [0.5, 0.6) is 0 Å². The average molecular weight is 294 g/mol. The number of thiophene rings is 1. The van der Waals surface area contributed by atoms with Gasteiger partial charge in [-0.3, -0.25) is 4.79 Å². The van der Waals surface area contributed by atoms with Crippen molar-refractivity contribution in [2.24, 2.45) is 5.73 Å². The second-order valence-electron chi connectivity index (χ2n) is 4.36. The largest absolute Gasteiger partial charge is 0.337 e. The monoisotopic (exact) mass is 294 g/mol. The summed E-state index contributed by atoms with van der Waals surface area (Å²) in [7, 11) is 0. The number of hydrogen-bond acceptors (Lipinski definition) is 4. The van der Waals surface area contributed by atoms with E-state index in [2.05, 4.69) is 18.8 Å². The molecule has 0 radical (unpaired) electrons. The van der Waals surface area contributed by atoms with Crippen molar-refractivity contribution < 1.29 is 4.79 Å². The zero-order valence-corrected chi connectivity index (χ0v) is 12.6. The van der Waals surface area contributed by atoms with Crippen LogP contribution in [0.3, 0.4) is 0 Å². The summed E-state index contributed by atoms with van der Waals surface area (Å²) in [5.41, 5.74) is 6.10.